The lowest BCUT2D eigenvalue weighted by Crippen LogP contribution is -2.14. The number of rotatable bonds is 4. The Morgan fingerprint density at radius 2 is 2.29 bits per heavy atom. The Bertz CT molecular complexity index is 345. The van der Waals surface area contributed by atoms with Gasteiger partial charge in [0.1, 0.15) is 0 Å². The highest BCUT2D eigenvalue weighted by Crippen LogP contribution is 2.01. The maximum atomic E-state index is 11.1. The van der Waals surface area contributed by atoms with Gasteiger partial charge in [0.05, 0.1) is 6.42 Å². The van der Waals surface area contributed by atoms with E-state index in [1.807, 2.05) is 0 Å². The molecule has 6 nitrogen and oxygen atoms in total. The molecule has 0 spiro atoms. The van der Waals surface area contributed by atoms with Gasteiger partial charge in [0.2, 0.25) is 11.9 Å². The largest absolute Gasteiger partial charge is 0.481 e. The lowest BCUT2D eigenvalue weighted by Gasteiger charge is -1.98. The number of carbonyl (C=O) groups is 2. The topological polar surface area (TPSA) is 95.1 Å². The van der Waals surface area contributed by atoms with Gasteiger partial charge in [-0.3, -0.25) is 14.9 Å². The monoisotopic (exact) mass is 197 g/mol. The quantitative estimate of drug-likeness (QED) is 0.655. The van der Waals surface area contributed by atoms with Crippen LogP contribution in [-0.2, 0) is 9.59 Å². The molecule has 0 saturated heterocycles. The fraction of sp³-hybridized carbons (Fsp3) is 0.375. The van der Waals surface area contributed by atoms with E-state index in [1.54, 1.807) is 13.1 Å². The van der Waals surface area contributed by atoms with E-state index in [0.29, 0.717) is 5.95 Å². The number of imidazole rings is 1. The number of hydrogen-bond acceptors (Lipinski definition) is 3. The van der Waals surface area contributed by atoms with Crippen LogP contribution in [0.5, 0.6) is 0 Å². The van der Waals surface area contributed by atoms with Gasteiger partial charge in [0.25, 0.3) is 0 Å². The Morgan fingerprint density at radius 3 is 2.79 bits per heavy atom. The van der Waals surface area contributed by atoms with Crippen LogP contribution >= 0.6 is 0 Å². The van der Waals surface area contributed by atoms with Gasteiger partial charge in [-0.2, -0.15) is 0 Å². The highest BCUT2D eigenvalue weighted by molar-refractivity contribution is 5.90. The minimum absolute atomic E-state index is 0.0465. The van der Waals surface area contributed by atoms with Crippen LogP contribution in [0.1, 0.15) is 18.5 Å². The van der Waals surface area contributed by atoms with E-state index in [-0.39, 0.29) is 18.7 Å². The van der Waals surface area contributed by atoms with Crippen molar-refractivity contribution in [2.24, 2.45) is 0 Å². The van der Waals surface area contributed by atoms with Crippen molar-refractivity contribution in [1.29, 1.82) is 0 Å². The average Bonchev–Trinajstić information content (AvgIpc) is 2.48. The number of aryl methyl sites for hydroxylation is 1. The second-order valence-electron chi connectivity index (χ2n) is 2.86. The first-order chi connectivity index (χ1) is 6.58. The smallest absolute Gasteiger partial charge is 0.303 e. The number of H-pyrrole nitrogens is 1. The van der Waals surface area contributed by atoms with Gasteiger partial charge in [0, 0.05) is 18.3 Å². The van der Waals surface area contributed by atoms with E-state index in [4.69, 9.17) is 5.11 Å². The molecule has 14 heavy (non-hydrogen) atoms. The third kappa shape index (κ3) is 3.26. The summed E-state index contributed by atoms with van der Waals surface area (Å²) < 4.78 is 0. The summed E-state index contributed by atoms with van der Waals surface area (Å²) in [5, 5.41) is 10.8. The second kappa shape index (κ2) is 4.40. The molecule has 0 bridgehead atoms. The van der Waals surface area contributed by atoms with Gasteiger partial charge in [-0.1, -0.05) is 0 Å². The fourth-order valence-corrected chi connectivity index (χ4v) is 0.891. The van der Waals surface area contributed by atoms with Crippen LogP contribution in [0.4, 0.5) is 5.95 Å². The lowest BCUT2D eigenvalue weighted by molar-refractivity contribution is -0.138. The average molecular weight is 197 g/mol. The minimum atomic E-state index is -0.990. The van der Waals surface area contributed by atoms with Crippen LogP contribution < -0.4 is 5.32 Å². The van der Waals surface area contributed by atoms with E-state index < -0.39 is 5.97 Å². The molecular formula is C8H11N3O3. The van der Waals surface area contributed by atoms with Crippen molar-refractivity contribution in [2.75, 3.05) is 5.32 Å². The Kier molecular flexibility index (Phi) is 3.22. The number of aromatic nitrogens is 2. The number of hydrogen-bond donors (Lipinski definition) is 3. The van der Waals surface area contributed by atoms with Gasteiger partial charge in [-0.05, 0) is 6.92 Å². The van der Waals surface area contributed by atoms with Gasteiger partial charge < -0.3 is 10.1 Å². The SMILES string of the molecule is Cc1cnc(NC(=O)CCC(=O)O)[nH]1. The summed E-state index contributed by atoms with van der Waals surface area (Å²) in [6, 6.07) is 0. The summed E-state index contributed by atoms with van der Waals surface area (Å²) in [4.78, 5) is 27.9. The summed E-state index contributed by atoms with van der Waals surface area (Å²) in [7, 11) is 0. The van der Waals surface area contributed by atoms with Crippen molar-refractivity contribution in [3.05, 3.63) is 11.9 Å². The van der Waals surface area contributed by atoms with E-state index in [9.17, 15) is 9.59 Å². The van der Waals surface area contributed by atoms with Crippen molar-refractivity contribution in [2.45, 2.75) is 19.8 Å². The third-order valence-electron chi connectivity index (χ3n) is 1.53. The first-order valence-corrected chi connectivity index (χ1v) is 4.11. The maximum absolute atomic E-state index is 11.1. The molecule has 76 valence electrons. The third-order valence-corrected chi connectivity index (χ3v) is 1.53. The first kappa shape index (κ1) is 10.2. The number of carboxylic acid groups (broad SMARTS) is 1. The number of carbonyl (C=O) groups excluding carboxylic acids is 1. The van der Waals surface area contributed by atoms with Crippen molar-refractivity contribution in [3.8, 4) is 0 Å². The highest BCUT2D eigenvalue weighted by Gasteiger charge is 2.06. The number of carboxylic acids is 1. The van der Waals surface area contributed by atoms with Crippen LogP contribution in [0.15, 0.2) is 6.20 Å². The fourth-order valence-electron chi connectivity index (χ4n) is 0.891. The molecule has 6 heteroatoms. The van der Waals surface area contributed by atoms with Gasteiger partial charge >= 0.3 is 5.97 Å². The molecule has 0 aliphatic rings. The Hall–Kier alpha value is -1.85. The number of aliphatic carboxylic acids is 1. The minimum Gasteiger partial charge on any atom is -0.481 e. The molecule has 0 atom stereocenters. The standard InChI is InChI=1S/C8H11N3O3/c1-5-4-9-8(10-5)11-6(12)2-3-7(13)14/h4H,2-3H2,1H3,(H,13,14)(H2,9,10,11,12). The van der Waals surface area contributed by atoms with E-state index in [0.717, 1.165) is 5.69 Å². The summed E-state index contributed by atoms with van der Waals surface area (Å²) in [6.45, 7) is 1.81. The predicted molar refractivity (Wildman–Crippen MR) is 48.8 cm³/mol. The molecule has 1 aromatic rings. The summed E-state index contributed by atoms with van der Waals surface area (Å²) in [6.07, 6.45) is 1.35. The Morgan fingerprint density at radius 1 is 1.57 bits per heavy atom. The molecule has 0 unspecified atom stereocenters. The zero-order valence-corrected chi connectivity index (χ0v) is 7.70. The molecule has 3 N–H and O–H groups in total. The number of nitrogens with zero attached hydrogens (tertiary/aromatic N) is 1. The highest BCUT2D eigenvalue weighted by atomic mass is 16.4. The van der Waals surface area contributed by atoms with E-state index >= 15 is 0 Å². The molecule has 1 rings (SSSR count). The molecule has 0 aromatic carbocycles. The van der Waals surface area contributed by atoms with Crippen molar-refractivity contribution in [1.82, 2.24) is 9.97 Å². The second-order valence-corrected chi connectivity index (χ2v) is 2.86. The lowest BCUT2D eigenvalue weighted by atomic mass is 10.3. The van der Waals surface area contributed by atoms with E-state index in [1.165, 1.54) is 0 Å². The molecule has 0 fully saturated rings. The zero-order valence-electron chi connectivity index (χ0n) is 7.70. The summed E-state index contributed by atoms with van der Waals surface area (Å²) in [5.74, 6) is -1.00. The van der Waals surface area contributed by atoms with Crippen LogP contribution in [0.3, 0.4) is 0 Å². The Balaban J connectivity index is 2.37. The van der Waals surface area contributed by atoms with E-state index in [2.05, 4.69) is 15.3 Å². The van der Waals surface area contributed by atoms with Crippen molar-refractivity contribution < 1.29 is 14.7 Å². The van der Waals surface area contributed by atoms with Crippen LogP contribution in [0.2, 0.25) is 0 Å². The van der Waals surface area contributed by atoms with Gasteiger partial charge in [-0.15, -0.1) is 0 Å². The van der Waals surface area contributed by atoms with Crippen LogP contribution in [0, 0.1) is 6.92 Å². The normalized spacial score (nSPS) is 9.79. The molecule has 1 aromatic heterocycles. The number of anilines is 1. The number of nitrogens with one attached hydrogen (secondary N) is 2. The molecule has 0 saturated carbocycles. The van der Waals surface area contributed by atoms with Gasteiger partial charge in [0.15, 0.2) is 0 Å². The molecular weight excluding hydrogens is 186 g/mol. The predicted octanol–water partition coefficient (Wildman–Crippen LogP) is 0.521. The number of amides is 1. The first-order valence-electron chi connectivity index (χ1n) is 4.11. The number of aromatic amines is 1. The summed E-state index contributed by atoms with van der Waals surface area (Å²) >= 11 is 0. The molecule has 0 aliphatic heterocycles. The zero-order chi connectivity index (χ0) is 10.6. The van der Waals surface area contributed by atoms with Crippen molar-refractivity contribution in [3.63, 3.8) is 0 Å². The van der Waals surface area contributed by atoms with Crippen LogP contribution in [0.25, 0.3) is 0 Å². The summed E-state index contributed by atoms with van der Waals surface area (Å²) in [5.41, 5.74) is 0.832. The molecule has 0 aliphatic carbocycles. The molecule has 1 heterocycles. The Labute approximate surface area is 80.4 Å². The molecule has 0 radical (unpaired) electrons. The van der Waals surface area contributed by atoms with Crippen molar-refractivity contribution >= 4 is 17.8 Å². The molecule has 1 amide bonds. The van der Waals surface area contributed by atoms with Crippen LogP contribution in [-0.4, -0.2) is 27.0 Å². The maximum Gasteiger partial charge on any atom is 0.303 e. The van der Waals surface area contributed by atoms with Gasteiger partial charge in [-0.25, -0.2) is 4.98 Å².